The van der Waals surface area contributed by atoms with Crippen LogP contribution in [0.2, 0.25) is 0 Å². The highest BCUT2D eigenvalue weighted by molar-refractivity contribution is 5.96. The molecule has 0 saturated heterocycles. The van der Waals surface area contributed by atoms with Gasteiger partial charge >= 0.3 is 0 Å². The molecule has 0 aliphatic carbocycles. The first kappa shape index (κ1) is 13.1. The maximum atomic E-state index is 11.5. The van der Waals surface area contributed by atoms with Crippen LogP contribution in [0.5, 0.6) is 0 Å². The van der Waals surface area contributed by atoms with Gasteiger partial charge in [0.25, 0.3) is 0 Å². The highest BCUT2D eigenvalue weighted by Gasteiger charge is 2.14. The zero-order chi connectivity index (χ0) is 11.7. The number of hydrogen-bond acceptors (Lipinski definition) is 4. The average molecular weight is 207 g/mol. The Bertz CT molecular complexity index is 294. The zero-order valence-corrected chi connectivity index (χ0v) is 8.69. The van der Waals surface area contributed by atoms with E-state index in [-0.39, 0.29) is 44.0 Å². The molecule has 0 rings (SSSR count). The predicted octanol–water partition coefficient (Wildman–Crippen LogP) is 0.621. The molecule has 0 spiro atoms. The Kier molecular flexibility index (Phi) is 6.57. The Labute approximate surface area is 88.9 Å². The fourth-order valence-corrected chi connectivity index (χ4v) is 1.06. The van der Waals surface area contributed by atoms with Crippen molar-refractivity contribution in [3.8, 4) is 12.1 Å². The molecule has 0 atom stereocenters. The lowest BCUT2D eigenvalue weighted by atomic mass is 10.2. The molecule has 0 heterocycles. The Morgan fingerprint density at radius 2 is 1.60 bits per heavy atom. The van der Waals surface area contributed by atoms with Crippen molar-refractivity contribution in [1.82, 2.24) is 4.90 Å². The highest BCUT2D eigenvalue weighted by Crippen LogP contribution is 1.99. The van der Waals surface area contributed by atoms with Crippen LogP contribution in [0.25, 0.3) is 0 Å². The third kappa shape index (κ3) is 6.23. The fourth-order valence-electron chi connectivity index (χ4n) is 1.06. The van der Waals surface area contributed by atoms with E-state index in [1.807, 2.05) is 12.1 Å². The number of Topliss-reactive ketones (excluding diaryl/α,β-unsaturated/α-hetero) is 1. The molecule has 0 aromatic carbocycles. The molecule has 0 aromatic heterocycles. The number of nitriles is 2. The van der Waals surface area contributed by atoms with Crippen LogP contribution in [-0.4, -0.2) is 29.7 Å². The molecule has 0 aliphatic rings. The van der Waals surface area contributed by atoms with E-state index in [1.165, 1.54) is 11.8 Å². The van der Waals surface area contributed by atoms with Crippen LogP contribution >= 0.6 is 0 Å². The van der Waals surface area contributed by atoms with Crippen LogP contribution in [0.15, 0.2) is 0 Å². The Balaban J connectivity index is 4.22. The standard InChI is InChI=1S/C10H13N3O2/c1-9(14)8-10(15)13(6-2-4-11)7-3-5-12/h2-3,6-8H2,1H3. The quantitative estimate of drug-likeness (QED) is 0.597. The molecule has 15 heavy (non-hydrogen) atoms. The molecule has 0 unspecified atom stereocenters. The van der Waals surface area contributed by atoms with E-state index < -0.39 is 0 Å². The normalized spacial score (nSPS) is 8.73. The van der Waals surface area contributed by atoms with Crippen molar-refractivity contribution < 1.29 is 9.59 Å². The summed E-state index contributed by atoms with van der Waals surface area (Å²) in [6, 6.07) is 3.84. The van der Waals surface area contributed by atoms with Crippen LogP contribution in [0.4, 0.5) is 0 Å². The Hall–Kier alpha value is -1.88. The van der Waals surface area contributed by atoms with E-state index >= 15 is 0 Å². The highest BCUT2D eigenvalue weighted by atomic mass is 16.2. The molecule has 0 N–H and O–H groups in total. The van der Waals surface area contributed by atoms with E-state index in [2.05, 4.69) is 0 Å². The van der Waals surface area contributed by atoms with Gasteiger partial charge < -0.3 is 4.90 Å². The van der Waals surface area contributed by atoms with Crippen LogP contribution in [-0.2, 0) is 9.59 Å². The van der Waals surface area contributed by atoms with Crippen molar-refractivity contribution in [1.29, 1.82) is 10.5 Å². The first-order valence-corrected chi connectivity index (χ1v) is 4.63. The van der Waals surface area contributed by atoms with Gasteiger partial charge in [-0.25, -0.2) is 0 Å². The van der Waals surface area contributed by atoms with Gasteiger partial charge in [-0.3, -0.25) is 9.59 Å². The van der Waals surface area contributed by atoms with E-state index in [0.717, 1.165) is 0 Å². The second-order valence-electron chi connectivity index (χ2n) is 3.08. The molecule has 0 aliphatic heterocycles. The van der Waals surface area contributed by atoms with Gasteiger partial charge in [0, 0.05) is 13.1 Å². The largest absolute Gasteiger partial charge is 0.340 e. The maximum Gasteiger partial charge on any atom is 0.230 e. The molecular formula is C10H13N3O2. The van der Waals surface area contributed by atoms with E-state index in [1.54, 1.807) is 0 Å². The molecule has 0 fully saturated rings. The van der Waals surface area contributed by atoms with Gasteiger partial charge in [-0.1, -0.05) is 0 Å². The van der Waals surface area contributed by atoms with Crippen LogP contribution in [0.3, 0.4) is 0 Å². The minimum Gasteiger partial charge on any atom is -0.340 e. The van der Waals surface area contributed by atoms with Crippen LogP contribution < -0.4 is 0 Å². The summed E-state index contributed by atoms with van der Waals surface area (Å²) >= 11 is 0. The van der Waals surface area contributed by atoms with Crippen LogP contribution in [0, 0.1) is 22.7 Å². The molecule has 0 radical (unpaired) electrons. The topological polar surface area (TPSA) is 85.0 Å². The number of rotatable bonds is 6. The molecule has 5 heteroatoms. The summed E-state index contributed by atoms with van der Waals surface area (Å²) in [5.74, 6) is -0.521. The fraction of sp³-hybridized carbons (Fsp3) is 0.600. The number of amides is 1. The second kappa shape index (κ2) is 7.52. The summed E-state index contributed by atoms with van der Waals surface area (Å²) < 4.78 is 0. The van der Waals surface area contributed by atoms with Crippen molar-refractivity contribution in [3.63, 3.8) is 0 Å². The van der Waals surface area contributed by atoms with Crippen molar-refractivity contribution in [2.24, 2.45) is 0 Å². The first-order valence-electron chi connectivity index (χ1n) is 4.63. The maximum absolute atomic E-state index is 11.5. The Morgan fingerprint density at radius 1 is 1.13 bits per heavy atom. The molecule has 0 aromatic rings. The second-order valence-corrected chi connectivity index (χ2v) is 3.08. The monoisotopic (exact) mass is 207 g/mol. The third-order valence-electron chi connectivity index (χ3n) is 1.74. The molecule has 0 bridgehead atoms. The lowest BCUT2D eigenvalue weighted by Crippen LogP contribution is -2.33. The molecule has 1 amide bonds. The molecular weight excluding hydrogens is 194 g/mol. The summed E-state index contributed by atoms with van der Waals surface area (Å²) in [5, 5.41) is 16.8. The molecule has 0 saturated carbocycles. The number of carbonyl (C=O) groups excluding carboxylic acids is 2. The minimum atomic E-state index is -0.312. The van der Waals surface area contributed by atoms with E-state index in [4.69, 9.17) is 10.5 Å². The van der Waals surface area contributed by atoms with Gasteiger partial charge in [-0.2, -0.15) is 10.5 Å². The lowest BCUT2D eigenvalue weighted by molar-refractivity contribution is -0.134. The van der Waals surface area contributed by atoms with Crippen molar-refractivity contribution >= 4 is 11.7 Å². The predicted molar refractivity (Wildman–Crippen MR) is 52.3 cm³/mol. The number of nitrogens with zero attached hydrogens (tertiary/aromatic N) is 3. The summed E-state index contributed by atoms with van der Waals surface area (Å²) in [4.78, 5) is 23.6. The number of hydrogen-bond donors (Lipinski definition) is 0. The lowest BCUT2D eigenvalue weighted by Gasteiger charge is -2.19. The third-order valence-corrected chi connectivity index (χ3v) is 1.74. The van der Waals surface area contributed by atoms with Gasteiger partial charge in [0.1, 0.15) is 5.78 Å². The van der Waals surface area contributed by atoms with Crippen LogP contribution in [0.1, 0.15) is 26.2 Å². The summed E-state index contributed by atoms with van der Waals surface area (Å²) in [7, 11) is 0. The molecule has 5 nitrogen and oxygen atoms in total. The van der Waals surface area contributed by atoms with Crippen molar-refractivity contribution in [2.45, 2.75) is 26.2 Å². The summed E-state index contributed by atoms with van der Waals surface area (Å²) in [6.07, 6.45) is 0.279. The average Bonchev–Trinajstić information content (AvgIpc) is 2.17. The minimum absolute atomic E-state index is 0.156. The van der Waals surface area contributed by atoms with Gasteiger partial charge in [0.2, 0.25) is 5.91 Å². The Morgan fingerprint density at radius 3 is 1.93 bits per heavy atom. The van der Waals surface area contributed by atoms with Gasteiger partial charge in [-0.05, 0) is 6.92 Å². The number of ketones is 1. The van der Waals surface area contributed by atoms with Crippen molar-refractivity contribution in [3.05, 3.63) is 0 Å². The summed E-state index contributed by atoms with van der Waals surface area (Å²) in [5.41, 5.74) is 0. The summed E-state index contributed by atoms with van der Waals surface area (Å²) in [6.45, 7) is 1.90. The molecule has 80 valence electrons. The van der Waals surface area contributed by atoms with Crippen molar-refractivity contribution in [2.75, 3.05) is 13.1 Å². The van der Waals surface area contributed by atoms with Gasteiger partial charge in [0.05, 0.1) is 31.4 Å². The van der Waals surface area contributed by atoms with Gasteiger partial charge in [-0.15, -0.1) is 0 Å². The van der Waals surface area contributed by atoms with E-state index in [9.17, 15) is 9.59 Å². The smallest absolute Gasteiger partial charge is 0.230 e. The zero-order valence-electron chi connectivity index (χ0n) is 8.69. The van der Waals surface area contributed by atoms with Gasteiger partial charge in [0.15, 0.2) is 0 Å². The number of carbonyl (C=O) groups is 2. The van der Waals surface area contributed by atoms with E-state index in [0.29, 0.717) is 0 Å². The first-order chi connectivity index (χ1) is 7.11. The SMILES string of the molecule is CC(=O)CC(=O)N(CCC#N)CCC#N.